The van der Waals surface area contributed by atoms with Gasteiger partial charge >= 0.3 is 0 Å². The standard InChI is InChI=1S/C22H20F2N2O2/c1-14-18(16-8-3-2-4-9-16)17-10-6-5-7-15(17)11-12-26(14)22(27)20-19(21(23)24)25-13-28-20/h2-10,13-14,18,21H,11-12H2,1H3. The molecule has 1 aliphatic rings. The van der Waals surface area contributed by atoms with Crippen LogP contribution in [-0.2, 0) is 6.42 Å². The van der Waals surface area contributed by atoms with E-state index >= 15 is 0 Å². The molecule has 0 N–H and O–H groups in total. The molecule has 2 atom stereocenters. The summed E-state index contributed by atoms with van der Waals surface area (Å²) < 4.78 is 31.5. The van der Waals surface area contributed by atoms with Crippen LogP contribution < -0.4 is 0 Å². The molecule has 6 heteroatoms. The van der Waals surface area contributed by atoms with Crippen molar-refractivity contribution in [2.75, 3.05) is 6.54 Å². The summed E-state index contributed by atoms with van der Waals surface area (Å²) in [6.07, 6.45) is -1.31. The molecule has 2 aromatic carbocycles. The second kappa shape index (κ2) is 7.54. The van der Waals surface area contributed by atoms with Gasteiger partial charge in [0.1, 0.15) is 0 Å². The highest BCUT2D eigenvalue weighted by atomic mass is 19.3. The Bertz CT molecular complexity index is 971. The first-order chi connectivity index (χ1) is 13.6. The quantitative estimate of drug-likeness (QED) is 0.652. The highest BCUT2D eigenvalue weighted by Crippen LogP contribution is 2.36. The number of hydrogen-bond acceptors (Lipinski definition) is 3. The van der Waals surface area contributed by atoms with Crippen LogP contribution >= 0.6 is 0 Å². The molecule has 0 bridgehead atoms. The van der Waals surface area contributed by atoms with Gasteiger partial charge < -0.3 is 9.32 Å². The van der Waals surface area contributed by atoms with Crippen LogP contribution in [0.5, 0.6) is 0 Å². The number of alkyl halides is 2. The van der Waals surface area contributed by atoms with Crippen LogP contribution in [0.25, 0.3) is 0 Å². The first-order valence-electron chi connectivity index (χ1n) is 9.23. The summed E-state index contributed by atoms with van der Waals surface area (Å²) in [4.78, 5) is 18.3. The van der Waals surface area contributed by atoms with Gasteiger partial charge in [0.25, 0.3) is 12.3 Å². The molecule has 0 saturated heterocycles. The van der Waals surface area contributed by atoms with Gasteiger partial charge in [-0.05, 0) is 30.0 Å². The lowest BCUT2D eigenvalue weighted by Gasteiger charge is -2.33. The normalized spacial score (nSPS) is 19.4. The minimum atomic E-state index is -2.86. The molecule has 144 valence electrons. The Morgan fingerprint density at radius 3 is 2.61 bits per heavy atom. The zero-order valence-electron chi connectivity index (χ0n) is 15.4. The Hall–Kier alpha value is -3.02. The van der Waals surface area contributed by atoms with Crippen LogP contribution in [0.4, 0.5) is 8.78 Å². The van der Waals surface area contributed by atoms with E-state index in [1.807, 2.05) is 49.4 Å². The maximum atomic E-state index is 13.2. The summed E-state index contributed by atoms with van der Waals surface area (Å²) in [5, 5.41) is 0. The van der Waals surface area contributed by atoms with Crippen molar-refractivity contribution >= 4 is 5.91 Å². The van der Waals surface area contributed by atoms with E-state index in [0.29, 0.717) is 13.0 Å². The maximum absolute atomic E-state index is 13.2. The van der Waals surface area contributed by atoms with Gasteiger partial charge in [-0.15, -0.1) is 0 Å². The first-order valence-corrected chi connectivity index (χ1v) is 9.23. The molecule has 0 spiro atoms. The van der Waals surface area contributed by atoms with E-state index in [2.05, 4.69) is 17.1 Å². The number of rotatable bonds is 3. The van der Waals surface area contributed by atoms with Crippen molar-refractivity contribution in [3.05, 3.63) is 89.1 Å². The van der Waals surface area contributed by atoms with E-state index in [9.17, 15) is 13.6 Å². The van der Waals surface area contributed by atoms with Crippen molar-refractivity contribution in [1.29, 1.82) is 0 Å². The summed E-state index contributed by atoms with van der Waals surface area (Å²) in [6.45, 7) is 2.37. The molecule has 0 aliphatic carbocycles. The smallest absolute Gasteiger partial charge is 0.292 e. The molecule has 1 aromatic heterocycles. The number of fused-ring (bicyclic) bond motifs is 1. The summed E-state index contributed by atoms with van der Waals surface area (Å²) in [7, 11) is 0. The Morgan fingerprint density at radius 2 is 1.86 bits per heavy atom. The van der Waals surface area contributed by atoms with Crippen LogP contribution in [0.1, 0.15) is 52.2 Å². The molecule has 0 radical (unpaired) electrons. The number of hydrogen-bond donors (Lipinski definition) is 0. The Balaban J connectivity index is 1.77. The van der Waals surface area contributed by atoms with Gasteiger partial charge in [0, 0.05) is 18.5 Å². The minimum absolute atomic E-state index is 0.0678. The largest absolute Gasteiger partial charge is 0.438 e. The van der Waals surface area contributed by atoms with Crippen LogP contribution in [0.15, 0.2) is 65.4 Å². The fourth-order valence-electron chi connectivity index (χ4n) is 4.06. The number of benzene rings is 2. The lowest BCUT2D eigenvalue weighted by Crippen LogP contribution is -2.42. The molecule has 2 heterocycles. The van der Waals surface area contributed by atoms with Crippen molar-refractivity contribution in [2.45, 2.75) is 31.7 Å². The van der Waals surface area contributed by atoms with Crippen molar-refractivity contribution in [1.82, 2.24) is 9.88 Å². The third-order valence-electron chi connectivity index (χ3n) is 5.40. The third-order valence-corrected chi connectivity index (χ3v) is 5.40. The predicted molar refractivity (Wildman–Crippen MR) is 100 cm³/mol. The van der Waals surface area contributed by atoms with E-state index in [-0.39, 0.29) is 17.7 Å². The number of amides is 1. The SMILES string of the molecule is CC1C(c2ccccc2)c2ccccc2CCN1C(=O)c1ocnc1C(F)F. The molecule has 0 fully saturated rings. The van der Waals surface area contributed by atoms with Gasteiger partial charge in [-0.25, -0.2) is 13.8 Å². The number of nitrogens with zero attached hydrogens (tertiary/aromatic N) is 2. The van der Waals surface area contributed by atoms with Crippen LogP contribution in [0.2, 0.25) is 0 Å². The highest BCUT2D eigenvalue weighted by molar-refractivity contribution is 5.93. The molecule has 0 saturated carbocycles. The van der Waals surface area contributed by atoms with Crippen molar-refractivity contribution < 1.29 is 18.0 Å². The van der Waals surface area contributed by atoms with Gasteiger partial charge in [0.05, 0.1) is 0 Å². The second-order valence-corrected chi connectivity index (χ2v) is 6.94. The number of carbonyl (C=O) groups excluding carboxylic acids is 1. The lowest BCUT2D eigenvalue weighted by atomic mass is 9.83. The van der Waals surface area contributed by atoms with E-state index in [4.69, 9.17) is 4.42 Å². The zero-order chi connectivity index (χ0) is 19.7. The monoisotopic (exact) mass is 382 g/mol. The number of carbonyl (C=O) groups is 1. The molecule has 4 nitrogen and oxygen atoms in total. The van der Waals surface area contributed by atoms with E-state index in [0.717, 1.165) is 23.1 Å². The lowest BCUT2D eigenvalue weighted by molar-refractivity contribution is 0.0639. The second-order valence-electron chi connectivity index (χ2n) is 6.94. The fourth-order valence-corrected chi connectivity index (χ4v) is 4.06. The highest BCUT2D eigenvalue weighted by Gasteiger charge is 2.36. The van der Waals surface area contributed by atoms with Crippen molar-refractivity contribution in [3.63, 3.8) is 0 Å². The fraction of sp³-hybridized carbons (Fsp3) is 0.273. The average Bonchev–Trinajstić information content (AvgIpc) is 3.15. The van der Waals surface area contributed by atoms with Crippen molar-refractivity contribution in [2.24, 2.45) is 0 Å². The maximum Gasteiger partial charge on any atom is 0.292 e. The summed E-state index contributed by atoms with van der Waals surface area (Å²) in [5.74, 6) is -0.990. The Labute approximate surface area is 161 Å². The van der Waals surface area contributed by atoms with Gasteiger partial charge in [-0.3, -0.25) is 4.79 Å². The number of oxazole rings is 1. The number of halogens is 2. The third kappa shape index (κ3) is 3.19. The molecule has 3 aromatic rings. The van der Waals surface area contributed by atoms with Crippen LogP contribution in [-0.4, -0.2) is 28.4 Å². The zero-order valence-corrected chi connectivity index (χ0v) is 15.4. The number of aromatic nitrogens is 1. The summed E-state index contributed by atoms with van der Waals surface area (Å²) >= 11 is 0. The molecule has 28 heavy (non-hydrogen) atoms. The van der Waals surface area contributed by atoms with Gasteiger partial charge in [0.15, 0.2) is 12.1 Å². The minimum Gasteiger partial charge on any atom is -0.438 e. The molecule has 1 aliphatic heterocycles. The van der Waals surface area contributed by atoms with Crippen molar-refractivity contribution in [3.8, 4) is 0 Å². The Kier molecular flexibility index (Phi) is 4.94. The van der Waals surface area contributed by atoms with E-state index in [1.54, 1.807) is 4.90 Å². The molecule has 2 unspecified atom stereocenters. The van der Waals surface area contributed by atoms with Gasteiger partial charge in [0.2, 0.25) is 5.76 Å². The topological polar surface area (TPSA) is 46.3 Å². The molecular formula is C22H20F2N2O2. The van der Waals surface area contributed by atoms with E-state index in [1.165, 1.54) is 0 Å². The van der Waals surface area contributed by atoms with Gasteiger partial charge in [-0.2, -0.15) is 0 Å². The Morgan fingerprint density at radius 1 is 1.14 bits per heavy atom. The molecule has 1 amide bonds. The summed E-state index contributed by atoms with van der Waals surface area (Å²) in [6, 6.07) is 17.8. The average molecular weight is 382 g/mol. The molecule has 4 rings (SSSR count). The molecular weight excluding hydrogens is 362 g/mol. The summed E-state index contributed by atoms with van der Waals surface area (Å²) in [5.41, 5.74) is 2.79. The van der Waals surface area contributed by atoms with E-state index < -0.39 is 18.0 Å². The predicted octanol–water partition coefficient (Wildman–Crippen LogP) is 4.83. The van der Waals surface area contributed by atoms with Gasteiger partial charge in [-0.1, -0.05) is 54.6 Å². The first kappa shape index (κ1) is 18.3. The van der Waals surface area contributed by atoms with Crippen LogP contribution in [0, 0.1) is 0 Å². The van der Waals surface area contributed by atoms with Crippen LogP contribution in [0.3, 0.4) is 0 Å².